The van der Waals surface area contributed by atoms with E-state index < -0.39 is 5.97 Å². The maximum atomic E-state index is 11.6. The minimum atomic E-state index is -1.05. The van der Waals surface area contributed by atoms with Gasteiger partial charge in [0.25, 0.3) is 0 Å². The zero-order valence-corrected chi connectivity index (χ0v) is 11.4. The molecule has 0 aliphatic heterocycles. The van der Waals surface area contributed by atoms with Gasteiger partial charge >= 0.3 is 5.97 Å². The van der Waals surface area contributed by atoms with Gasteiger partial charge in [-0.1, -0.05) is 11.8 Å². The molecule has 1 amide bonds. The normalized spacial score (nSPS) is 12.1. The smallest absolute Gasteiger partial charge is 0.325 e. The molecule has 0 aromatic carbocycles. The van der Waals surface area contributed by atoms with E-state index in [9.17, 15) is 9.59 Å². The molecule has 1 rings (SSSR count). The van der Waals surface area contributed by atoms with Crippen molar-refractivity contribution in [3.63, 3.8) is 0 Å². The standard InChI is InChI=1S/C9H15N5O4S/c1-6(4-18-2)10-7(15)5-19-9-11-12-13-14(9)3-8(16)17/h6H,3-5H2,1-2H3,(H,10,15)(H,16,17). The van der Waals surface area contributed by atoms with Crippen molar-refractivity contribution in [3.8, 4) is 0 Å². The molecule has 0 aliphatic rings. The summed E-state index contributed by atoms with van der Waals surface area (Å²) in [4.78, 5) is 22.1. The molecule has 10 heteroatoms. The van der Waals surface area contributed by atoms with Crippen LogP contribution in [0.1, 0.15) is 6.92 Å². The Balaban J connectivity index is 2.42. The molecule has 9 nitrogen and oxygen atoms in total. The molecule has 1 aromatic rings. The van der Waals surface area contributed by atoms with Crippen molar-refractivity contribution < 1.29 is 19.4 Å². The van der Waals surface area contributed by atoms with Crippen LogP contribution >= 0.6 is 11.8 Å². The Morgan fingerprint density at radius 3 is 2.95 bits per heavy atom. The summed E-state index contributed by atoms with van der Waals surface area (Å²) in [6, 6.07) is -0.0897. The van der Waals surface area contributed by atoms with Crippen LogP contribution in [0.5, 0.6) is 0 Å². The first-order valence-corrected chi connectivity index (χ1v) is 6.40. The van der Waals surface area contributed by atoms with Gasteiger partial charge in [-0.05, 0) is 17.4 Å². The predicted octanol–water partition coefficient (Wildman–Crippen LogP) is -0.999. The zero-order chi connectivity index (χ0) is 14.3. The molecule has 0 bridgehead atoms. The fourth-order valence-electron chi connectivity index (χ4n) is 1.27. The first kappa shape index (κ1) is 15.4. The van der Waals surface area contributed by atoms with Crippen molar-refractivity contribution in [1.82, 2.24) is 25.5 Å². The topological polar surface area (TPSA) is 119 Å². The largest absolute Gasteiger partial charge is 0.480 e. The minimum Gasteiger partial charge on any atom is -0.480 e. The number of rotatable bonds is 8. The summed E-state index contributed by atoms with van der Waals surface area (Å²) < 4.78 is 6.02. The number of hydrogen-bond acceptors (Lipinski definition) is 7. The van der Waals surface area contributed by atoms with Gasteiger partial charge in [0, 0.05) is 13.2 Å². The molecule has 1 aromatic heterocycles. The summed E-state index contributed by atoms with van der Waals surface area (Å²) in [6.45, 7) is 1.91. The predicted molar refractivity (Wildman–Crippen MR) is 65.7 cm³/mol. The molecule has 2 N–H and O–H groups in total. The fourth-order valence-corrected chi connectivity index (χ4v) is 1.95. The van der Waals surface area contributed by atoms with Crippen LogP contribution in [0.2, 0.25) is 0 Å². The molecule has 0 fully saturated rings. The quantitative estimate of drug-likeness (QED) is 0.585. The summed E-state index contributed by atoms with van der Waals surface area (Å²) in [5.74, 6) is -1.14. The summed E-state index contributed by atoms with van der Waals surface area (Å²) in [7, 11) is 1.55. The van der Waals surface area contributed by atoms with Crippen molar-refractivity contribution in [3.05, 3.63) is 0 Å². The van der Waals surface area contributed by atoms with Gasteiger partial charge in [-0.15, -0.1) is 5.10 Å². The van der Waals surface area contributed by atoms with Gasteiger partial charge in [0.1, 0.15) is 6.54 Å². The summed E-state index contributed by atoms with van der Waals surface area (Å²) in [6.07, 6.45) is 0. The third-order valence-corrected chi connectivity index (χ3v) is 2.90. The molecule has 0 aliphatic carbocycles. The highest BCUT2D eigenvalue weighted by molar-refractivity contribution is 7.99. The second-order valence-corrected chi connectivity index (χ2v) is 4.67. The number of aliphatic carboxylic acids is 1. The number of carboxylic acids is 1. The van der Waals surface area contributed by atoms with Crippen molar-refractivity contribution in [2.24, 2.45) is 0 Å². The number of carbonyl (C=O) groups is 2. The number of aromatic nitrogens is 4. The van der Waals surface area contributed by atoms with Gasteiger partial charge in [0.15, 0.2) is 0 Å². The number of tetrazole rings is 1. The number of thioether (sulfide) groups is 1. The van der Waals surface area contributed by atoms with Crippen molar-refractivity contribution in [2.75, 3.05) is 19.5 Å². The monoisotopic (exact) mass is 289 g/mol. The van der Waals surface area contributed by atoms with Gasteiger partial charge in [-0.25, -0.2) is 4.68 Å². The lowest BCUT2D eigenvalue weighted by Gasteiger charge is -2.12. The van der Waals surface area contributed by atoms with E-state index in [1.54, 1.807) is 7.11 Å². The third kappa shape index (κ3) is 5.66. The van der Waals surface area contributed by atoms with E-state index in [0.29, 0.717) is 6.61 Å². The lowest BCUT2D eigenvalue weighted by atomic mass is 10.3. The summed E-state index contributed by atoms with van der Waals surface area (Å²) >= 11 is 1.07. The fraction of sp³-hybridized carbons (Fsp3) is 0.667. The highest BCUT2D eigenvalue weighted by Gasteiger charge is 2.13. The maximum absolute atomic E-state index is 11.6. The van der Waals surface area contributed by atoms with Gasteiger partial charge < -0.3 is 15.2 Å². The maximum Gasteiger partial charge on any atom is 0.325 e. The van der Waals surface area contributed by atoms with Gasteiger partial charge in [-0.3, -0.25) is 9.59 Å². The van der Waals surface area contributed by atoms with E-state index in [1.807, 2.05) is 6.92 Å². The van der Waals surface area contributed by atoms with Gasteiger partial charge in [0.2, 0.25) is 11.1 Å². The lowest BCUT2D eigenvalue weighted by molar-refractivity contribution is -0.138. The average molecular weight is 289 g/mol. The van der Waals surface area contributed by atoms with Crippen LogP contribution < -0.4 is 5.32 Å². The van der Waals surface area contributed by atoms with E-state index in [4.69, 9.17) is 9.84 Å². The lowest BCUT2D eigenvalue weighted by Crippen LogP contribution is -2.36. The average Bonchev–Trinajstić information content (AvgIpc) is 2.73. The van der Waals surface area contributed by atoms with Crippen LogP contribution in [0.3, 0.4) is 0 Å². The van der Waals surface area contributed by atoms with Gasteiger partial charge in [-0.2, -0.15) is 0 Å². The van der Waals surface area contributed by atoms with E-state index in [-0.39, 0.29) is 29.4 Å². The van der Waals surface area contributed by atoms with Crippen molar-refractivity contribution in [1.29, 1.82) is 0 Å². The minimum absolute atomic E-state index is 0.0897. The zero-order valence-electron chi connectivity index (χ0n) is 10.6. The number of methoxy groups -OCH3 is 1. The Kier molecular flexibility index (Phi) is 6.22. The second-order valence-electron chi connectivity index (χ2n) is 3.73. The highest BCUT2D eigenvalue weighted by Crippen LogP contribution is 2.12. The highest BCUT2D eigenvalue weighted by atomic mass is 32.2. The van der Waals surface area contributed by atoms with Crippen LogP contribution in [0.15, 0.2) is 5.16 Å². The van der Waals surface area contributed by atoms with Crippen LogP contribution in [-0.4, -0.2) is 62.7 Å². The molecule has 1 atom stereocenters. The van der Waals surface area contributed by atoms with Crippen LogP contribution in [0, 0.1) is 0 Å². The molecule has 1 heterocycles. The van der Waals surface area contributed by atoms with Crippen LogP contribution in [0.25, 0.3) is 0 Å². The SMILES string of the molecule is COCC(C)NC(=O)CSc1nnnn1CC(=O)O. The van der Waals surface area contributed by atoms with E-state index in [1.165, 1.54) is 0 Å². The summed E-state index contributed by atoms with van der Waals surface area (Å²) in [5, 5.41) is 22.2. The number of hydrogen-bond donors (Lipinski definition) is 2. The first-order valence-electron chi connectivity index (χ1n) is 5.42. The first-order chi connectivity index (χ1) is 9.02. The van der Waals surface area contributed by atoms with E-state index >= 15 is 0 Å². The Morgan fingerprint density at radius 1 is 1.58 bits per heavy atom. The molecule has 0 saturated carbocycles. The molecule has 0 radical (unpaired) electrons. The molecule has 1 unspecified atom stereocenters. The molecule has 19 heavy (non-hydrogen) atoms. The third-order valence-electron chi connectivity index (χ3n) is 1.94. The number of carbonyl (C=O) groups excluding carboxylic acids is 1. The van der Waals surface area contributed by atoms with Crippen molar-refractivity contribution >= 4 is 23.6 Å². The molecule has 0 saturated heterocycles. The van der Waals surface area contributed by atoms with Crippen molar-refractivity contribution in [2.45, 2.75) is 24.7 Å². The Hall–Kier alpha value is -1.68. The summed E-state index contributed by atoms with van der Waals surface area (Å²) in [5.41, 5.74) is 0. The van der Waals surface area contributed by atoms with E-state index in [0.717, 1.165) is 16.4 Å². The molecule has 0 spiro atoms. The second kappa shape index (κ2) is 7.69. The van der Waals surface area contributed by atoms with Gasteiger partial charge in [0.05, 0.1) is 12.4 Å². The van der Waals surface area contributed by atoms with Crippen LogP contribution in [-0.2, 0) is 20.9 Å². The van der Waals surface area contributed by atoms with Crippen LogP contribution in [0.4, 0.5) is 0 Å². The molecular formula is C9H15N5O4S. The molecular weight excluding hydrogens is 274 g/mol. The number of amides is 1. The Labute approximate surface area is 113 Å². The Morgan fingerprint density at radius 2 is 2.32 bits per heavy atom. The number of nitrogens with one attached hydrogen (secondary N) is 1. The number of ether oxygens (including phenoxy) is 1. The Bertz CT molecular complexity index is 438. The number of nitrogens with zero attached hydrogens (tertiary/aromatic N) is 4. The number of carboxylic acid groups (broad SMARTS) is 1. The molecule has 106 valence electrons. The van der Waals surface area contributed by atoms with E-state index in [2.05, 4.69) is 20.8 Å².